The normalized spacial score (nSPS) is 14.1. The van der Waals surface area contributed by atoms with E-state index in [9.17, 15) is 8.42 Å². The van der Waals surface area contributed by atoms with E-state index in [1.807, 2.05) is 30.3 Å². The molecule has 0 radical (unpaired) electrons. The van der Waals surface area contributed by atoms with Crippen molar-refractivity contribution in [2.24, 2.45) is 11.5 Å². The molecule has 0 saturated heterocycles. The summed E-state index contributed by atoms with van der Waals surface area (Å²) in [6, 6.07) is 9.22. The van der Waals surface area contributed by atoms with Crippen molar-refractivity contribution in [1.82, 2.24) is 0 Å². The van der Waals surface area contributed by atoms with Crippen LogP contribution in [0.4, 0.5) is 0 Å². The van der Waals surface area contributed by atoms with Gasteiger partial charge >= 0.3 is 51.4 Å². The molecule has 7 heteroatoms. The van der Waals surface area contributed by atoms with Crippen LogP contribution in [0.15, 0.2) is 30.3 Å². The van der Waals surface area contributed by atoms with Crippen LogP contribution >= 0.6 is 0 Å². The summed E-state index contributed by atoms with van der Waals surface area (Å²) >= 11 is 0. The quantitative estimate of drug-likeness (QED) is 0.358. The van der Waals surface area contributed by atoms with Crippen LogP contribution in [-0.2, 0) is 22.0 Å². The Morgan fingerprint density at radius 2 is 1.82 bits per heavy atom. The fraction of sp³-hybridized carbons (Fsp3) is 0.400. The van der Waals surface area contributed by atoms with E-state index < -0.39 is 15.8 Å². The molecule has 92 valence electrons. The molecule has 0 bridgehead atoms. The van der Waals surface area contributed by atoms with Gasteiger partial charge in [0, 0.05) is 6.42 Å². The van der Waals surface area contributed by atoms with Crippen molar-refractivity contribution < 1.29 is 13.2 Å². The van der Waals surface area contributed by atoms with Gasteiger partial charge in [-0.3, -0.25) is 5.73 Å². The van der Waals surface area contributed by atoms with E-state index in [0.717, 1.165) is 5.56 Å². The molecule has 1 aromatic carbocycles. The summed E-state index contributed by atoms with van der Waals surface area (Å²) in [6.07, 6.45) is 0.0819. The topological polar surface area (TPSA) is 95.4 Å². The summed E-state index contributed by atoms with van der Waals surface area (Å²) < 4.78 is 27.1. The average molecular weight is 284 g/mol. The standard InChI is InChI=1S/C10H16N2O3S.K.H/c11-7-6-10(12,16(13)14)15-8-9-4-2-1-3-5-9;;/h1-5,16H,6-8,11-12H2;;. The number of hydrogen-bond donors (Lipinski definition) is 3. The molecule has 0 aliphatic heterocycles. The number of thiol groups is 1. The molecule has 1 unspecified atom stereocenters. The van der Waals surface area contributed by atoms with Gasteiger partial charge in [0.2, 0.25) is 5.06 Å². The van der Waals surface area contributed by atoms with E-state index in [0.29, 0.717) is 0 Å². The molecule has 5 nitrogen and oxygen atoms in total. The van der Waals surface area contributed by atoms with Crippen molar-refractivity contribution in [1.29, 1.82) is 0 Å². The van der Waals surface area contributed by atoms with Crippen molar-refractivity contribution in [3.63, 3.8) is 0 Å². The molecule has 0 spiro atoms. The average Bonchev–Trinajstić information content (AvgIpc) is 2.28. The molecule has 0 aliphatic carbocycles. The third-order valence-corrected chi connectivity index (χ3v) is 3.11. The van der Waals surface area contributed by atoms with Gasteiger partial charge in [0.15, 0.2) is 10.7 Å². The molecule has 0 saturated carbocycles. The zero-order valence-corrected chi connectivity index (χ0v) is 9.73. The van der Waals surface area contributed by atoms with E-state index >= 15 is 0 Å². The van der Waals surface area contributed by atoms with E-state index in [4.69, 9.17) is 16.2 Å². The fourth-order valence-electron chi connectivity index (χ4n) is 1.21. The molecule has 1 aromatic rings. The first-order valence-electron chi connectivity index (χ1n) is 4.90. The molecular formula is C10H17KN2O3S. The van der Waals surface area contributed by atoms with E-state index in [-0.39, 0.29) is 71.0 Å². The van der Waals surface area contributed by atoms with Crippen molar-refractivity contribution in [2.45, 2.75) is 18.1 Å². The van der Waals surface area contributed by atoms with Gasteiger partial charge in [-0.05, 0) is 12.1 Å². The molecule has 4 N–H and O–H groups in total. The predicted octanol–water partition coefficient (Wildman–Crippen LogP) is -0.873. The third kappa shape index (κ3) is 5.91. The zero-order chi connectivity index (χ0) is 12.0. The molecule has 0 fully saturated rings. The van der Waals surface area contributed by atoms with Crippen LogP contribution in [0.1, 0.15) is 12.0 Å². The first-order chi connectivity index (χ1) is 7.58. The van der Waals surface area contributed by atoms with Gasteiger partial charge in [-0.15, -0.1) is 0 Å². The summed E-state index contributed by atoms with van der Waals surface area (Å²) in [5.74, 6) is 0. The Bertz CT molecular complexity index is 392. The molecule has 0 aromatic heterocycles. The fourth-order valence-corrected chi connectivity index (χ4v) is 1.69. The molecule has 1 rings (SSSR count). The number of benzene rings is 1. The Balaban J connectivity index is 0.00000256. The minimum absolute atomic E-state index is 0. The summed E-state index contributed by atoms with van der Waals surface area (Å²) in [4.78, 5) is 0. The van der Waals surface area contributed by atoms with Crippen LogP contribution in [0.25, 0.3) is 0 Å². The zero-order valence-electron chi connectivity index (χ0n) is 8.83. The minimum atomic E-state index is -2.87. The van der Waals surface area contributed by atoms with E-state index in [2.05, 4.69) is 0 Å². The monoisotopic (exact) mass is 284 g/mol. The van der Waals surface area contributed by atoms with Gasteiger partial charge in [0.1, 0.15) is 0 Å². The Labute approximate surface area is 145 Å². The Hall–Kier alpha value is 0.686. The summed E-state index contributed by atoms with van der Waals surface area (Å²) in [5.41, 5.74) is 11.8. The second kappa shape index (κ2) is 8.73. The Kier molecular flexibility index (Phi) is 9.08. The van der Waals surface area contributed by atoms with Crippen molar-refractivity contribution >= 4 is 62.1 Å². The second-order valence-corrected chi connectivity index (χ2v) is 4.69. The molecule has 0 aliphatic rings. The molecule has 1 atom stereocenters. The summed E-state index contributed by atoms with van der Waals surface area (Å²) in [6.45, 7) is 0.315. The Morgan fingerprint density at radius 3 is 2.29 bits per heavy atom. The van der Waals surface area contributed by atoms with Crippen LogP contribution in [0.5, 0.6) is 0 Å². The van der Waals surface area contributed by atoms with E-state index in [1.165, 1.54) is 0 Å². The number of hydrogen-bond acceptors (Lipinski definition) is 5. The number of ether oxygens (including phenoxy) is 1. The molecule has 0 heterocycles. The van der Waals surface area contributed by atoms with Crippen LogP contribution in [0.3, 0.4) is 0 Å². The van der Waals surface area contributed by atoms with Crippen LogP contribution in [-0.4, -0.2) is 71.4 Å². The molecule has 17 heavy (non-hydrogen) atoms. The van der Waals surface area contributed by atoms with Crippen LogP contribution < -0.4 is 11.5 Å². The summed E-state index contributed by atoms with van der Waals surface area (Å²) in [5, 5.41) is -1.67. The molecular weight excluding hydrogens is 267 g/mol. The van der Waals surface area contributed by atoms with Crippen molar-refractivity contribution in [3.8, 4) is 0 Å². The van der Waals surface area contributed by atoms with Crippen molar-refractivity contribution in [2.75, 3.05) is 6.54 Å². The Morgan fingerprint density at radius 1 is 1.24 bits per heavy atom. The maximum absolute atomic E-state index is 11.0. The maximum atomic E-state index is 11.0. The van der Waals surface area contributed by atoms with Gasteiger partial charge < -0.3 is 10.5 Å². The van der Waals surface area contributed by atoms with Gasteiger partial charge in [0.05, 0.1) is 6.61 Å². The van der Waals surface area contributed by atoms with Gasteiger partial charge in [0.25, 0.3) is 0 Å². The summed E-state index contributed by atoms with van der Waals surface area (Å²) in [7, 11) is -2.87. The second-order valence-electron chi connectivity index (χ2n) is 3.41. The SMILES string of the molecule is NCCC(N)(OCc1ccccc1)[SH](=O)=O.[KH]. The predicted molar refractivity (Wildman–Crippen MR) is 69.3 cm³/mol. The van der Waals surface area contributed by atoms with Crippen LogP contribution in [0, 0.1) is 0 Å². The van der Waals surface area contributed by atoms with Gasteiger partial charge in [-0.25, -0.2) is 8.42 Å². The van der Waals surface area contributed by atoms with Crippen molar-refractivity contribution in [3.05, 3.63) is 35.9 Å². The van der Waals surface area contributed by atoms with Crippen LogP contribution in [0.2, 0.25) is 0 Å². The first kappa shape index (κ1) is 17.7. The van der Waals surface area contributed by atoms with E-state index in [1.54, 1.807) is 0 Å². The number of nitrogens with two attached hydrogens (primary N) is 2. The number of rotatable bonds is 6. The third-order valence-electron chi connectivity index (χ3n) is 2.14. The van der Waals surface area contributed by atoms with Gasteiger partial charge in [-0.1, -0.05) is 30.3 Å². The first-order valence-corrected chi connectivity index (χ1v) is 6.07. The molecule has 0 amide bonds. The van der Waals surface area contributed by atoms with Gasteiger partial charge in [-0.2, -0.15) is 0 Å².